The van der Waals surface area contributed by atoms with Crippen LogP contribution < -0.4 is 0 Å². The largest absolute Gasteiger partial charge is 0.377 e. The number of hydrogen-bond acceptors (Lipinski definition) is 3. The average molecular weight is 118 g/mol. The summed E-state index contributed by atoms with van der Waals surface area (Å²) in [5.74, 6) is 0. The molecule has 1 aliphatic heterocycles. The van der Waals surface area contributed by atoms with E-state index < -0.39 is 0 Å². The Morgan fingerprint density at radius 1 is 0.875 bits per heavy atom. The van der Waals surface area contributed by atoms with Crippen molar-refractivity contribution in [1.29, 1.82) is 0 Å². The van der Waals surface area contributed by atoms with Crippen LogP contribution in [0.25, 0.3) is 0 Å². The molecule has 3 heteroatoms. The van der Waals surface area contributed by atoms with Crippen molar-refractivity contribution in [3.8, 4) is 0 Å². The molecule has 1 aliphatic rings. The van der Waals surface area contributed by atoms with Crippen LogP contribution in [0, 0.1) is 0 Å². The highest BCUT2D eigenvalue weighted by molar-refractivity contribution is 5.10. The van der Waals surface area contributed by atoms with Gasteiger partial charge in [-0.05, 0) is 0 Å². The van der Waals surface area contributed by atoms with Crippen molar-refractivity contribution in [1.82, 2.24) is 0 Å². The second-order valence-corrected chi connectivity index (χ2v) is 1.22. The molecular formula is C5H10O3. The van der Waals surface area contributed by atoms with Crippen molar-refractivity contribution >= 4 is 6.79 Å². The molecule has 0 aromatic heterocycles. The van der Waals surface area contributed by atoms with Gasteiger partial charge in [0.15, 0.2) is 0 Å². The first kappa shape index (κ1) is 7.59. The maximum atomic E-state index is 8.00. The van der Waals surface area contributed by atoms with E-state index in [2.05, 4.69) is 0 Å². The summed E-state index contributed by atoms with van der Waals surface area (Å²) >= 11 is 0. The molecule has 0 N–H and O–H groups in total. The third-order valence-corrected chi connectivity index (χ3v) is 0.744. The lowest BCUT2D eigenvalue weighted by Crippen LogP contribution is -2.16. The van der Waals surface area contributed by atoms with Crippen LogP contribution in [0.5, 0.6) is 0 Å². The fraction of sp³-hybridized carbons (Fsp3) is 0.800. The lowest BCUT2D eigenvalue weighted by Gasteiger charge is -2.09. The molecule has 1 rings (SSSR count). The van der Waals surface area contributed by atoms with Crippen molar-refractivity contribution in [3.63, 3.8) is 0 Å². The van der Waals surface area contributed by atoms with Gasteiger partial charge >= 0.3 is 0 Å². The number of ether oxygens (including phenoxy) is 2. The van der Waals surface area contributed by atoms with Crippen LogP contribution in [-0.2, 0) is 14.3 Å². The zero-order valence-electron chi connectivity index (χ0n) is 4.76. The van der Waals surface area contributed by atoms with E-state index in [4.69, 9.17) is 14.3 Å². The summed E-state index contributed by atoms with van der Waals surface area (Å²) < 4.78 is 9.89. The summed E-state index contributed by atoms with van der Waals surface area (Å²) in [4.78, 5) is 8.00. The summed E-state index contributed by atoms with van der Waals surface area (Å²) in [5, 5.41) is 0. The molecule has 0 atom stereocenters. The van der Waals surface area contributed by atoms with Crippen molar-refractivity contribution in [2.45, 2.75) is 0 Å². The molecule has 0 spiro atoms. The van der Waals surface area contributed by atoms with Crippen molar-refractivity contribution in [2.75, 3.05) is 26.4 Å². The molecule has 8 heavy (non-hydrogen) atoms. The summed E-state index contributed by atoms with van der Waals surface area (Å²) in [6.45, 7) is 5.11. The zero-order valence-corrected chi connectivity index (χ0v) is 4.76. The molecule has 0 amide bonds. The Morgan fingerprint density at radius 2 is 1.12 bits per heavy atom. The minimum absolute atomic E-state index is 0.778. The van der Waals surface area contributed by atoms with Gasteiger partial charge in [0.2, 0.25) is 0 Å². The van der Waals surface area contributed by atoms with Crippen molar-refractivity contribution in [3.05, 3.63) is 0 Å². The monoisotopic (exact) mass is 118 g/mol. The smallest absolute Gasteiger partial charge is 0.106 e. The second kappa shape index (κ2) is 6.59. The predicted molar refractivity (Wildman–Crippen MR) is 28.8 cm³/mol. The van der Waals surface area contributed by atoms with Gasteiger partial charge in [-0.3, -0.25) is 0 Å². The molecule has 3 nitrogen and oxygen atoms in total. The van der Waals surface area contributed by atoms with Crippen LogP contribution in [0.15, 0.2) is 0 Å². The van der Waals surface area contributed by atoms with Gasteiger partial charge in [0.05, 0.1) is 26.4 Å². The first-order valence-electron chi connectivity index (χ1n) is 2.44. The molecule has 0 radical (unpaired) electrons. The normalized spacial score (nSPS) is 18.5. The molecule has 0 bridgehead atoms. The fourth-order valence-electron chi connectivity index (χ4n) is 0.440. The number of carbonyl (C=O) groups excluding carboxylic acids is 1. The van der Waals surface area contributed by atoms with E-state index in [0.29, 0.717) is 0 Å². The van der Waals surface area contributed by atoms with Crippen molar-refractivity contribution in [2.24, 2.45) is 0 Å². The van der Waals surface area contributed by atoms with Crippen LogP contribution in [0.4, 0.5) is 0 Å². The van der Waals surface area contributed by atoms with Gasteiger partial charge in [0.1, 0.15) is 6.79 Å². The highest BCUT2D eigenvalue weighted by Crippen LogP contribution is 1.85. The Balaban J connectivity index is 0.000000222. The number of hydrogen-bond donors (Lipinski definition) is 0. The predicted octanol–water partition coefficient (Wildman–Crippen LogP) is -0.152. The molecule has 0 unspecified atom stereocenters. The van der Waals surface area contributed by atoms with E-state index in [-0.39, 0.29) is 0 Å². The van der Waals surface area contributed by atoms with E-state index >= 15 is 0 Å². The summed E-state index contributed by atoms with van der Waals surface area (Å²) in [6.07, 6.45) is 0. The van der Waals surface area contributed by atoms with E-state index in [9.17, 15) is 0 Å². The van der Waals surface area contributed by atoms with Gasteiger partial charge in [-0.1, -0.05) is 0 Å². The lowest BCUT2D eigenvalue weighted by molar-refractivity contribution is -0.0979. The highest BCUT2D eigenvalue weighted by atomic mass is 16.6. The van der Waals surface area contributed by atoms with Gasteiger partial charge in [0, 0.05) is 0 Å². The van der Waals surface area contributed by atoms with Gasteiger partial charge in [-0.25, -0.2) is 0 Å². The first-order chi connectivity index (χ1) is 4.00. The SMILES string of the molecule is C1COCCO1.C=O. The summed E-state index contributed by atoms with van der Waals surface area (Å²) in [6, 6.07) is 0. The van der Waals surface area contributed by atoms with Gasteiger partial charge in [-0.2, -0.15) is 0 Å². The molecule has 1 saturated heterocycles. The maximum absolute atomic E-state index is 8.00. The van der Waals surface area contributed by atoms with Crippen LogP contribution in [0.2, 0.25) is 0 Å². The molecule has 0 aromatic rings. The zero-order chi connectivity index (χ0) is 6.24. The Hall–Kier alpha value is -0.410. The summed E-state index contributed by atoms with van der Waals surface area (Å²) in [5.41, 5.74) is 0. The maximum Gasteiger partial charge on any atom is 0.106 e. The van der Waals surface area contributed by atoms with Gasteiger partial charge in [-0.15, -0.1) is 0 Å². The van der Waals surface area contributed by atoms with E-state index in [0.717, 1.165) is 26.4 Å². The lowest BCUT2D eigenvalue weighted by atomic mass is 10.6. The molecule has 1 fully saturated rings. The Morgan fingerprint density at radius 3 is 1.25 bits per heavy atom. The average Bonchev–Trinajstić information content (AvgIpc) is 1.96. The van der Waals surface area contributed by atoms with E-state index in [1.807, 2.05) is 6.79 Å². The molecular weight excluding hydrogens is 108 g/mol. The topological polar surface area (TPSA) is 35.5 Å². The Labute approximate surface area is 48.6 Å². The summed E-state index contributed by atoms with van der Waals surface area (Å²) in [7, 11) is 0. The molecule has 48 valence electrons. The van der Waals surface area contributed by atoms with E-state index in [1.54, 1.807) is 0 Å². The standard InChI is InChI=1S/C4H8O2.CH2O/c1-2-6-4-3-5-1;1-2/h1-4H2;1H2. The van der Waals surface area contributed by atoms with Crippen molar-refractivity contribution < 1.29 is 14.3 Å². The van der Waals surface area contributed by atoms with E-state index in [1.165, 1.54) is 0 Å². The van der Waals surface area contributed by atoms with Crippen LogP contribution >= 0.6 is 0 Å². The third-order valence-electron chi connectivity index (χ3n) is 0.744. The number of carbonyl (C=O) groups is 1. The van der Waals surface area contributed by atoms with Crippen LogP contribution in [-0.4, -0.2) is 33.2 Å². The van der Waals surface area contributed by atoms with Crippen LogP contribution in [0.3, 0.4) is 0 Å². The highest BCUT2D eigenvalue weighted by Gasteiger charge is 1.94. The molecule has 0 saturated carbocycles. The third kappa shape index (κ3) is 3.77. The minimum atomic E-state index is 0.778. The fourth-order valence-corrected chi connectivity index (χ4v) is 0.440. The second-order valence-electron chi connectivity index (χ2n) is 1.22. The van der Waals surface area contributed by atoms with Crippen LogP contribution in [0.1, 0.15) is 0 Å². The first-order valence-corrected chi connectivity index (χ1v) is 2.44. The van der Waals surface area contributed by atoms with Gasteiger partial charge in [0.25, 0.3) is 0 Å². The molecule has 0 aliphatic carbocycles. The Kier molecular flexibility index (Phi) is 6.25. The minimum Gasteiger partial charge on any atom is -0.377 e. The quantitative estimate of drug-likeness (QED) is 0.443. The Bertz CT molecular complexity index is 31.4. The van der Waals surface area contributed by atoms with Gasteiger partial charge < -0.3 is 14.3 Å². The molecule has 1 heterocycles. The molecule has 0 aromatic carbocycles. The number of rotatable bonds is 0.